The third-order valence-electron chi connectivity index (χ3n) is 4.19. The van der Waals surface area contributed by atoms with E-state index in [4.69, 9.17) is 11.6 Å². The maximum absolute atomic E-state index is 12.4. The van der Waals surface area contributed by atoms with Gasteiger partial charge in [0.1, 0.15) is 0 Å². The largest absolute Gasteiger partial charge is 0.378 e. The molecule has 0 fully saturated rings. The van der Waals surface area contributed by atoms with Crippen LogP contribution in [0.2, 0.25) is 5.02 Å². The van der Waals surface area contributed by atoms with Gasteiger partial charge >= 0.3 is 0 Å². The van der Waals surface area contributed by atoms with Crippen molar-refractivity contribution in [2.45, 2.75) is 30.8 Å². The molecule has 0 bridgehead atoms. The Labute approximate surface area is 173 Å². The number of thioether (sulfide) groups is 1. The Balaban J connectivity index is 1.57. The first-order valence-corrected chi connectivity index (χ1v) is 10.1. The third kappa shape index (κ3) is 5.27. The molecule has 1 amide bonds. The number of carbonyl (C=O) groups excluding carboxylic acids is 1. The van der Waals surface area contributed by atoms with Crippen LogP contribution in [0, 0.1) is 6.92 Å². The molecule has 0 radical (unpaired) electrons. The summed E-state index contributed by atoms with van der Waals surface area (Å²) < 4.78 is 1.89. The Morgan fingerprint density at radius 2 is 1.75 bits per heavy atom. The molecular formula is C20H22ClN5OS. The zero-order chi connectivity index (χ0) is 20.1. The van der Waals surface area contributed by atoms with Gasteiger partial charge in [-0.2, -0.15) is 0 Å². The van der Waals surface area contributed by atoms with E-state index in [9.17, 15) is 4.79 Å². The van der Waals surface area contributed by atoms with Gasteiger partial charge in [0, 0.05) is 23.4 Å². The molecule has 1 heterocycles. The number of nitrogens with zero attached hydrogens (tertiary/aromatic N) is 3. The zero-order valence-corrected chi connectivity index (χ0v) is 17.5. The molecule has 8 heteroatoms. The van der Waals surface area contributed by atoms with E-state index in [2.05, 4.69) is 20.8 Å². The molecule has 1 aromatic heterocycles. The number of benzene rings is 2. The molecule has 2 aromatic carbocycles. The van der Waals surface area contributed by atoms with Gasteiger partial charge in [-0.3, -0.25) is 4.79 Å². The topological polar surface area (TPSA) is 71.8 Å². The molecule has 3 rings (SSSR count). The molecule has 28 heavy (non-hydrogen) atoms. The molecule has 146 valence electrons. The minimum absolute atomic E-state index is 0.0716. The lowest BCUT2D eigenvalue weighted by Crippen LogP contribution is -2.22. The van der Waals surface area contributed by atoms with Crippen molar-refractivity contribution in [3.05, 3.63) is 64.9 Å². The number of anilines is 2. The molecule has 1 unspecified atom stereocenters. The second-order valence-corrected chi connectivity index (χ2v) is 8.18. The normalized spacial score (nSPS) is 11.9. The van der Waals surface area contributed by atoms with Gasteiger partial charge in [-0.1, -0.05) is 41.1 Å². The average molecular weight is 416 g/mol. The van der Waals surface area contributed by atoms with E-state index in [-0.39, 0.29) is 11.2 Å². The predicted octanol–water partition coefficient (Wildman–Crippen LogP) is 4.51. The van der Waals surface area contributed by atoms with E-state index in [1.807, 2.05) is 74.0 Å². The highest BCUT2D eigenvalue weighted by Gasteiger charge is 2.19. The van der Waals surface area contributed by atoms with E-state index >= 15 is 0 Å². The minimum atomic E-state index is -0.304. The van der Waals surface area contributed by atoms with Crippen molar-refractivity contribution in [2.24, 2.45) is 7.05 Å². The Kier molecular flexibility index (Phi) is 6.59. The van der Waals surface area contributed by atoms with Crippen LogP contribution in [0.3, 0.4) is 0 Å². The van der Waals surface area contributed by atoms with Gasteiger partial charge in [-0.25, -0.2) is 0 Å². The summed E-state index contributed by atoms with van der Waals surface area (Å²) in [6.07, 6.45) is 0. The lowest BCUT2D eigenvalue weighted by Gasteiger charge is -2.12. The molecule has 3 aromatic rings. The SMILES string of the molecule is Cc1ccc(NC(=O)C(C)Sc2nnc(CNc3ccc(Cl)cc3)n2C)cc1. The summed E-state index contributed by atoms with van der Waals surface area (Å²) in [7, 11) is 1.89. The lowest BCUT2D eigenvalue weighted by atomic mass is 10.2. The quantitative estimate of drug-likeness (QED) is 0.555. The molecule has 6 nitrogen and oxygen atoms in total. The number of rotatable bonds is 7. The summed E-state index contributed by atoms with van der Waals surface area (Å²) in [6.45, 7) is 4.39. The van der Waals surface area contributed by atoms with Crippen LogP contribution in [0.1, 0.15) is 18.3 Å². The van der Waals surface area contributed by atoms with Gasteiger partial charge in [0.05, 0.1) is 11.8 Å². The Hall–Kier alpha value is -2.51. The molecule has 0 spiro atoms. The summed E-state index contributed by atoms with van der Waals surface area (Å²) in [4.78, 5) is 12.4. The van der Waals surface area contributed by atoms with Crippen LogP contribution in [-0.4, -0.2) is 25.9 Å². The highest BCUT2D eigenvalue weighted by Crippen LogP contribution is 2.23. The number of amides is 1. The Morgan fingerprint density at radius 3 is 2.43 bits per heavy atom. The third-order valence-corrected chi connectivity index (χ3v) is 5.58. The van der Waals surface area contributed by atoms with Gasteiger partial charge in [-0.15, -0.1) is 10.2 Å². The fourth-order valence-electron chi connectivity index (χ4n) is 2.44. The fraction of sp³-hybridized carbons (Fsp3) is 0.250. The van der Waals surface area contributed by atoms with Crippen molar-refractivity contribution in [1.82, 2.24) is 14.8 Å². The monoisotopic (exact) mass is 415 g/mol. The average Bonchev–Trinajstić information content (AvgIpc) is 3.03. The van der Waals surface area contributed by atoms with Crippen LogP contribution in [0.15, 0.2) is 53.7 Å². The Morgan fingerprint density at radius 1 is 1.11 bits per heavy atom. The minimum Gasteiger partial charge on any atom is -0.378 e. The molecule has 0 saturated carbocycles. The van der Waals surface area contributed by atoms with Crippen molar-refractivity contribution in [2.75, 3.05) is 10.6 Å². The Bertz CT molecular complexity index is 940. The van der Waals surface area contributed by atoms with Crippen LogP contribution in [-0.2, 0) is 18.4 Å². The van der Waals surface area contributed by atoms with Crippen LogP contribution >= 0.6 is 23.4 Å². The van der Waals surface area contributed by atoms with E-state index in [0.29, 0.717) is 16.7 Å². The van der Waals surface area contributed by atoms with Crippen LogP contribution < -0.4 is 10.6 Å². The smallest absolute Gasteiger partial charge is 0.237 e. The van der Waals surface area contributed by atoms with E-state index in [1.165, 1.54) is 11.8 Å². The van der Waals surface area contributed by atoms with Crippen LogP contribution in [0.4, 0.5) is 11.4 Å². The van der Waals surface area contributed by atoms with Gasteiger partial charge < -0.3 is 15.2 Å². The molecular weight excluding hydrogens is 394 g/mol. The van der Waals surface area contributed by atoms with Gasteiger partial charge in [0.25, 0.3) is 0 Å². The standard InChI is InChI=1S/C20H22ClN5OS/c1-13-4-8-17(9-5-13)23-19(27)14(2)28-20-25-24-18(26(20)3)12-22-16-10-6-15(21)7-11-16/h4-11,14,22H,12H2,1-3H3,(H,23,27). The first-order chi connectivity index (χ1) is 13.4. The van der Waals surface area contributed by atoms with Gasteiger partial charge in [0.15, 0.2) is 11.0 Å². The lowest BCUT2D eigenvalue weighted by molar-refractivity contribution is -0.115. The number of aromatic nitrogens is 3. The molecule has 0 aliphatic rings. The van der Waals surface area contributed by atoms with Crippen molar-refractivity contribution < 1.29 is 4.79 Å². The number of halogens is 1. The van der Waals surface area contributed by atoms with Gasteiger partial charge in [-0.05, 0) is 50.2 Å². The summed E-state index contributed by atoms with van der Waals surface area (Å²) in [6, 6.07) is 15.2. The van der Waals surface area contributed by atoms with Crippen molar-refractivity contribution in [1.29, 1.82) is 0 Å². The highest BCUT2D eigenvalue weighted by molar-refractivity contribution is 8.00. The maximum Gasteiger partial charge on any atom is 0.237 e. The summed E-state index contributed by atoms with van der Waals surface area (Å²) in [5.74, 6) is 0.710. The number of aryl methyl sites for hydroxylation is 1. The van der Waals surface area contributed by atoms with Crippen LogP contribution in [0.5, 0.6) is 0 Å². The molecule has 0 aliphatic heterocycles. The van der Waals surface area contributed by atoms with Crippen LogP contribution in [0.25, 0.3) is 0 Å². The van der Waals surface area contributed by atoms with E-state index < -0.39 is 0 Å². The molecule has 0 aliphatic carbocycles. The summed E-state index contributed by atoms with van der Waals surface area (Å²) in [5.41, 5.74) is 2.89. The first-order valence-electron chi connectivity index (χ1n) is 8.84. The van der Waals surface area contributed by atoms with E-state index in [0.717, 1.165) is 22.8 Å². The van der Waals surface area contributed by atoms with Crippen molar-refractivity contribution in [3.63, 3.8) is 0 Å². The second kappa shape index (κ2) is 9.12. The number of carbonyl (C=O) groups is 1. The maximum atomic E-state index is 12.4. The summed E-state index contributed by atoms with van der Waals surface area (Å²) >= 11 is 7.28. The highest BCUT2D eigenvalue weighted by atomic mass is 35.5. The second-order valence-electron chi connectivity index (χ2n) is 6.43. The fourth-order valence-corrected chi connectivity index (χ4v) is 3.40. The van der Waals surface area contributed by atoms with Crippen molar-refractivity contribution >= 4 is 40.6 Å². The molecule has 0 saturated heterocycles. The number of hydrogen-bond acceptors (Lipinski definition) is 5. The van der Waals surface area contributed by atoms with Gasteiger partial charge in [0.2, 0.25) is 5.91 Å². The number of hydrogen-bond donors (Lipinski definition) is 2. The van der Waals surface area contributed by atoms with E-state index in [1.54, 1.807) is 0 Å². The molecule has 2 N–H and O–H groups in total. The van der Waals surface area contributed by atoms with Crippen molar-refractivity contribution in [3.8, 4) is 0 Å². The first kappa shape index (κ1) is 20.2. The zero-order valence-electron chi connectivity index (χ0n) is 15.9. The predicted molar refractivity (Wildman–Crippen MR) is 115 cm³/mol. The summed E-state index contributed by atoms with van der Waals surface area (Å²) in [5, 5.41) is 15.7. The number of nitrogens with one attached hydrogen (secondary N) is 2. The molecule has 1 atom stereocenters.